The fourth-order valence-electron chi connectivity index (χ4n) is 3.07. The van der Waals surface area contributed by atoms with Gasteiger partial charge in [-0.2, -0.15) is 0 Å². The SMILES string of the molecule is Brc1ccc(N2C=Cc3ccccc3C2)cc1.c1ccc2ncccc2c1. The molecule has 0 unspecified atom stereocenters. The zero-order valence-electron chi connectivity index (χ0n) is 14.8. The molecule has 0 N–H and O–H groups in total. The molecule has 0 bridgehead atoms. The van der Waals surface area contributed by atoms with Crippen molar-refractivity contribution in [2.45, 2.75) is 6.54 Å². The highest BCUT2D eigenvalue weighted by Gasteiger charge is 2.10. The van der Waals surface area contributed by atoms with Gasteiger partial charge in [0.05, 0.1) is 5.52 Å². The Morgan fingerprint density at radius 2 is 1.52 bits per heavy atom. The van der Waals surface area contributed by atoms with Crippen molar-refractivity contribution in [1.29, 1.82) is 0 Å². The summed E-state index contributed by atoms with van der Waals surface area (Å²) in [5, 5.41) is 1.20. The van der Waals surface area contributed by atoms with Crippen molar-refractivity contribution >= 4 is 38.6 Å². The molecule has 132 valence electrons. The molecule has 0 amide bonds. The third-order valence-electron chi connectivity index (χ3n) is 4.50. The number of hydrogen-bond donors (Lipinski definition) is 0. The molecule has 0 fully saturated rings. The molecule has 0 aliphatic carbocycles. The van der Waals surface area contributed by atoms with Crippen LogP contribution in [-0.4, -0.2) is 4.98 Å². The molecule has 0 spiro atoms. The lowest BCUT2D eigenvalue weighted by Crippen LogP contribution is -2.18. The highest BCUT2D eigenvalue weighted by atomic mass is 79.9. The molecule has 0 atom stereocenters. The van der Waals surface area contributed by atoms with Gasteiger partial charge >= 0.3 is 0 Å². The van der Waals surface area contributed by atoms with Crippen molar-refractivity contribution in [3.63, 3.8) is 0 Å². The number of anilines is 1. The van der Waals surface area contributed by atoms with Crippen molar-refractivity contribution in [1.82, 2.24) is 4.98 Å². The van der Waals surface area contributed by atoms with E-state index in [1.807, 2.05) is 30.5 Å². The number of hydrogen-bond acceptors (Lipinski definition) is 2. The minimum Gasteiger partial charge on any atom is -0.344 e. The summed E-state index contributed by atoms with van der Waals surface area (Å²) in [5.41, 5.74) is 4.97. The Morgan fingerprint density at radius 3 is 2.37 bits per heavy atom. The molecule has 5 rings (SSSR count). The van der Waals surface area contributed by atoms with Crippen LogP contribution in [0.5, 0.6) is 0 Å². The van der Waals surface area contributed by atoms with Crippen LogP contribution >= 0.6 is 15.9 Å². The average Bonchev–Trinajstić information content (AvgIpc) is 2.74. The Morgan fingerprint density at radius 1 is 0.778 bits per heavy atom. The van der Waals surface area contributed by atoms with E-state index in [1.54, 1.807) is 0 Å². The largest absolute Gasteiger partial charge is 0.344 e. The maximum absolute atomic E-state index is 4.18. The summed E-state index contributed by atoms with van der Waals surface area (Å²) in [6.07, 6.45) is 6.12. The van der Waals surface area contributed by atoms with Crippen molar-refractivity contribution in [2.75, 3.05) is 4.90 Å². The zero-order valence-corrected chi connectivity index (χ0v) is 16.4. The molecular weight excluding hydrogens is 396 g/mol. The number of benzene rings is 3. The summed E-state index contributed by atoms with van der Waals surface area (Å²) in [6.45, 7) is 0.939. The Kier molecular flexibility index (Phi) is 5.31. The van der Waals surface area contributed by atoms with E-state index in [1.165, 1.54) is 22.2 Å². The van der Waals surface area contributed by atoms with Crippen LogP contribution in [0.1, 0.15) is 11.1 Å². The van der Waals surface area contributed by atoms with Gasteiger partial charge in [-0.15, -0.1) is 0 Å². The number of halogens is 1. The molecule has 2 nitrogen and oxygen atoms in total. The lowest BCUT2D eigenvalue weighted by Gasteiger charge is -2.25. The second-order valence-electron chi connectivity index (χ2n) is 6.31. The van der Waals surface area contributed by atoms with Gasteiger partial charge in [-0.1, -0.05) is 64.5 Å². The fourth-order valence-corrected chi connectivity index (χ4v) is 3.34. The Labute approximate surface area is 167 Å². The third kappa shape index (κ3) is 4.26. The molecule has 3 heteroatoms. The van der Waals surface area contributed by atoms with E-state index in [9.17, 15) is 0 Å². The maximum Gasteiger partial charge on any atom is 0.0701 e. The van der Waals surface area contributed by atoms with Gasteiger partial charge in [-0.3, -0.25) is 4.98 Å². The van der Waals surface area contributed by atoms with Crippen LogP contribution in [-0.2, 0) is 6.54 Å². The number of fused-ring (bicyclic) bond motifs is 2. The van der Waals surface area contributed by atoms with E-state index in [0.29, 0.717) is 0 Å². The monoisotopic (exact) mass is 414 g/mol. The first-order valence-corrected chi connectivity index (χ1v) is 9.67. The van der Waals surface area contributed by atoms with E-state index in [2.05, 4.69) is 98.8 Å². The van der Waals surface area contributed by atoms with Crippen molar-refractivity contribution in [2.24, 2.45) is 0 Å². The van der Waals surface area contributed by atoms with Gasteiger partial charge in [-0.25, -0.2) is 0 Å². The number of para-hydroxylation sites is 1. The average molecular weight is 415 g/mol. The second kappa shape index (κ2) is 8.19. The van der Waals surface area contributed by atoms with Crippen LogP contribution < -0.4 is 4.90 Å². The normalized spacial score (nSPS) is 12.3. The number of rotatable bonds is 1. The zero-order chi connectivity index (χ0) is 18.5. The van der Waals surface area contributed by atoms with Crippen LogP contribution in [0.15, 0.2) is 102 Å². The summed E-state index contributed by atoms with van der Waals surface area (Å²) in [6, 6.07) is 29.0. The van der Waals surface area contributed by atoms with E-state index >= 15 is 0 Å². The van der Waals surface area contributed by atoms with Gasteiger partial charge in [0.15, 0.2) is 0 Å². The summed E-state index contributed by atoms with van der Waals surface area (Å²) < 4.78 is 1.11. The lowest BCUT2D eigenvalue weighted by molar-refractivity contribution is 0.954. The standard InChI is InChI=1S/C15H12BrN.C9H7N/c16-14-5-7-15(8-6-14)17-10-9-12-3-1-2-4-13(12)11-17;1-2-6-9-8(4-1)5-3-7-10-9/h1-10H,11H2;1-7H. The molecule has 1 aliphatic heterocycles. The Bertz CT molecular complexity index is 1010. The third-order valence-corrected chi connectivity index (χ3v) is 5.03. The number of pyridine rings is 1. The first kappa shape index (κ1) is 17.5. The van der Waals surface area contributed by atoms with Crippen LogP contribution in [0.3, 0.4) is 0 Å². The van der Waals surface area contributed by atoms with E-state index < -0.39 is 0 Å². The lowest BCUT2D eigenvalue weighted by atomic mass is 10.0. The molecule has 2 heterocycles. The Balaban J connectivity index is 0.000000153. The number of nitrogens with zero attached hydrogens (tertiary/aromatic N) is 2. The molecule has 3 aromatic carbocycles. The summed E-state index contributed by atoms with van der Waals surface area (Å²) in [4.78, 5) is 6.44. The van der Waals surface area contributed by atoms with Crippen LogP contribution in [0.25, 0.3) is 17.0 Å². The van der Waals surface area contributed by atoms with Crippen LogP contribution in [0, 0.1) is 0 Å². The molecule has 4 aromatic rings. The predicted molar refractivity (Wildman–Crippen MR) is 118 cm³/mol. The molecule has 27 heavy (non-hydrogen) atoms. The first-order valence-electron chi connectivity index (χ1n) is 8.88. The van der Waals surface area contributed by atoms with Gasteiger partial charge in [0, 0.05) is 34.5 Å². The van der Waals surface area contributed by atoms with Crippen LogP contribution in [0.2, 0.25) is 0 Å². The van der Waals surface area contributed by atoms with E-state index in [0.717, 1.165) is 16.5 Å². The topological polar surface area (TPSA) is 16.1 Å². The fraction of sp³-hybridized carbons (Fsp3) is 0.0417. The smallest absolute Gasteiger partial charge is 0.0701 e. The minimum absolute atomic E-state index is 0.939. The highest BCUT2D eigenvalue weighted by molar-refractivity contribution is 9.10. The molecule has 0 saturated carbocycles. The molecule has 1 aliphatic rings. The van der Waals surface area contributed by atoms with E-state index in [-0.39, 0.29) is 0 Å². The minimum atomic E-state index is 0.939. The quantitative estimate of drug-likeness (QED) is 0.345. The second-order valence-corrected chi connectivity index (χ2v) is 7.23. The van der Waals surface area contributed by atoms with Gasteiger partial charge in [0.2, 0.25) is 0 Å². The van der Waals surface area contributed by atoms with Crippen LogP contribution in [0.4, 0.5) is 5.69 Å². The molecule has 0 saturated heterocycles. The van der Waals surface area contributed by atoms with Crippen molar-refractivity contribution in [3.8, 4) is 0 Å². The van der Waals surface area contributed by atoms with E-state index in [4.69, 9.17) is 0 Å². The molecule has 0 radical (unpaired) electrons. The van der Waals surface area contributed by atoms with Gasteiger partial charge in [0.1, 0.15) is 0 Å². The molecule has 1 aromatic heterocycles. The maximum atomic E-state index is 4.18. The molecular formula is C24H19BrN2. The predicted octanol–water partition coefficient (Wildman–Crippen LogP) is 6.67. The number of aromatic nitrogens is 1. The highest BCUT2D eigenvalue weighted by Crippen LogP contribution is 2.25. The Hall–Kier alpha value is -2.91. The van der Waals surface area contributed by atoms with Crippen molar-refractivity contribution < 1.29 is 0 Å². The summed E-state index contributed by atoms with van der Waals surface area (Å²) in [7, 11) is 0. The van der Waals surface area contributed by atoms with Crippen molar-refractivity contribution in [3.05, 3.63) is 113 Å². The summed E-state index contributed by atoms with van der Waals surface area (Å²) in [5.74, 6) is 0. The van der Waals surface area contributed by atoms with Gasteiger partial charge < -0.3 is 4.90 Å². The van der Waals surface area contributed by atoms with Gasteiger partial charge in [-0.05, 0) is 53.6 Å². The first-order chi connectivity index (χ1) is 13.3. The summed E-state index contributed by atoms with van der Waals surface area (Å²) >= 11 is 3.46. The van der Waals surface area contributed by atoms with Gasteiger partial charge in [0.25, 0.3) is 0 Å².